The summed E-state index contributed by atoms with van der Waals surface area (Å²) < 4.78 is 5.46. The van der Waals surface area contributed by atoms with Gasteiger partial charge in [-0.1, -0.05) is 41.6 Å². The van der Waals surface area contributed by atoms with Gasteiger partial charge in [0.05, 0.1) is 0 Å². The number of hydrogen-bond donors (Lipinski definition) is 1. The molecule has 0 radical (unpaired) electrons. The maximum absolute atomic E-state index is 11.0. The van der Waals surface area contributed by atoms with E-state index in [-0.39, 0.29) is 6.04 Å². The number of hydrogen-bond acceptors (Lipinski definition) is 4. The van der Waals surface area contributed by atoms with Crippen molar-refractivity contribution in [3.63, 3.8) is 0 Å². The van der Waals surface area contributed by atoms with Crippen LogP contribution in [0.3, 0.4) is 0 Å². The summed E-state index contributed by atoms with van der Waals surface area (Å²) in [4.78, 5) is 21.8. The molecule has 1 atom stereocenters. The standard InChI is InChI=1S/C19H19NO4/c21-19(22)12-24-18-11-16-14(8-9-17(16)20-23)10-15(18)7-6-13-4-2-1-3-5-13/h1-5,10-11,17H,6-9,12H2,(H,21,22). The Balaban J connectivity index is 1.85. The van der Waals surface area contributed by atoms with E-state index in [0.29, 0.717) is 12.2 Å². The molecule has 124 valence electrons. The van der Waals surface area contributed by atoms with E-state index in [9.17, 15) is 9.70 Å². The number of benzene rings is 2. The van der Waals surface area contributed by atoms with Gasteiger partial charge < -0.3 is 9.84 Å². The molecule has 1 aliphatic rings. The third kappa shape index (κ3) is 3.62. The van der Waals surface area contributed by atoms with Crippen LogP contribution in [0.15, 0.2) is 47.6 Å². The SMILES string of the molecule is O=NC1CCc2cc(CCc3ccccc3)c(OCC(=O)O)cc21. The first-order valence-electron chi connectivity index (χ1n) is 8.04. The lowest BCUT2D eigenvalue weighted by Gasteiger charge is -2.14. The number of fused-ring (bicyclic) bond motifs is 1. The average Bonchev–Trinajstić information content (AvgIpc) is 3.00. The lowest BCUT2D eigenvalue weighted by atomic mass is 9.98. The van der Waals surface area contributed by atoms with E-state index in [1.165, 1.54) is 5.56 Å². The third-order valence-corrected chi connectivity index (χ3v) is 4.37. The first kappa shape index (κ1) is 16.2. The third-order valence-electron chi connectivity index (χ3n) is 4.37. The summed E-state index contributed by atoms with van der Waals surface area (Å²) in [5, 5.41) is 12.0. The summed E-state index contributed by atoms with van der Waals surface area (Å²) in [7, 11) is 0. The van der Waals surface area contributed by atoms with Crippen LogP contribution in [0.25, 0.3) is 0 Å². The van der Waals surface area contributed by atoms with Crippen LogP contribution >= 0.6 is 0 Å². The molecule has 2 aromatic rings. The van der Waals surface area contributed by atoms with Gasteiger partial charge in [0.15, 0.2) is 6.61 Å². The summed E-state index contributed by atoms with van der Waals surface area (Å²) in [5.41, 5.74) is 4.18. The fourth-order valence-electron chi connectivity index (χ4n) is 3.17. The van der Waals surface area contributed by atoms with Gasteiger partial charge in [-0.2, -0.15) is 4.91 Å². The predicted octanol–water partition coefficient (Wildman–Crippen LogP) is 3.69. The molecule has 1 N–H and O–H groups in total. The van der Waals surface area contributed by atoms with Crippen LogP contribution in [0.4, 0.5) is 0 Å². The Kier molecular flexibility index (Phi) is 4.89. The van der Waals surface area contributed by atoms with E-state index in [1.54, 1.807) is 6.07 Å². The van der Waals surface area contributed by atoms with Crippen molar-refractivity contribution in [3.05, 3.63) is 69.6 Å². The number of nitroso groups, excluding NO2 is 1. The van der Waals surface area contributed by atoms with Crippen molar-refractivity contribution in [1.29, 1.82) is 0 Å². The molecule has 0 aliphatic heterocycles. The smallest absolute Gasteiger partial charge is 0.341 e. The zero-order valence-electron chi connectivity index (χ0n) is 13.3. The molecule has 0 saturated carbocycles. The van der Waals surface area contributed by atoms with E-state index in [1.807, 2.05) is 24.3 Å². The fourth-order valence-corrected chi connectivity index (χ4v) is 3.17. The fraction of sp³-hybridized carbons (Fsp3) is 0.316. The monoisotopic (exact) mass is 325 g/mol. The van der Waals surface area contributed by atoms with E-state index in [2.05, 4.69) is 17.3 Å². The molecule has 0 spiro atoms. The summed E-state index contributed by atoms with van der Waals surface area (Å²) >= 11 is 0. The van der Waals surface area contributed by atoms with Crippen molar-refractivity contribution in [2.24, 2.45) is 5.18 Å². The van der Waals surface area contributed by atoms with E-state index < -0.39 is 12.6 Å². The highest BCUT2D eigenvalue weighted by molar-refractivity contribution is 5.68. The second kappa shape index (κ2) is 7.25. The Morgan fingerprint density at radius 2 is 2.00 bits per heavy atom. The van der Waals surface area contributed by atoms with Crippen LogP contribution in [0, 0.1) is 4.91 Å². The van der Waals surface area contributed by atoms with E-state index in [4.69, 9.17) is 9.84 Å². The highest BCUT2D eigenvalue weighted by Crippen LogP contribution is 2.38. The zero-order valence-corrected chi connectivity index (χ0v) is 13.3. The van der Waals surface area contributed by atoms with Crippen molar-refractivity contribution in [2.75, 3.05) is 6.61 Å². The predicted molar refractivity (Wildman–Crippen MR) is 90.3 cm³/mol. The number of rotatable bonds is 7. The number of aryl methyl sites for hydroxylation is 3. The highest BCUT2D eigenvalue weighted by Gasteiger charge is 2.25. The Morgan fingerprint density at radius 3 is 2.71 bits per heavy atom. The maximum Gasteiger partial charge on any atom is 0.341 e. The van der Waals surface area contributed by atoms with Crippen molar-refractivity contribution in [2.45, 2.75) is 31.7 Å². The van der Waals surface area contributed by atoms with Gasteiger partial charge in [0.25, 0.3) is 0 Å². The van der Waals surface area contributed by atoms with Crippen LogP contribution in [0.2, 0.25) is 0 Å². The molecule has 3 rings (SSSR count). The quantitative estimate of drug-likeness (QED) is 0.788. The van der Waals surface area contributed by atoms with Crippen molar-refractivity contribution >= 4 is 5.97 Å². The van der Waals surface area contributed by atoms with Crippen molar-refractivity contribution < 1.29 is 14.6 Å². The number of carbonyl (C=O) groups is 1. The molecule has 0 aromatic heterocycles. The minimum Gasteiger partial charge on any atom is -0.482 e. The molecule has 2 aromatic carbocycles. The van der Waals surface area contributed by atoms with Gasteiger partial charge in [-0.15, -0.1) is 0 Å². The lowest BCUT2D eigenvalue weighted by molar-refractivity contribution is -0.139. The zero-order chi connectivity index (χ0) is 16.9. The van der Waals surface area contributed by atoms with Crippen LogP contribution in [-0.4, -0.2) is 17.7 Å². The van der Waals surface area contributed by atoms with Crippen LogP contribution in [0.1, 0.15) is 34.7 Å². The molecular weight excluding hydrogens is 306 g/mol. The highest BCUT2D eigenvalue weighted by atomic mass is 16.5. The van der Waals surface area contributed by atoms with Gasteiger partial charge in [0, 0.05) is 0 Å². The molecule has 0 bridgehead atoms. The average molecular weight is 325 g/mol. The van der Waals surface area contributed by atoms with Gasteiger partial charge in [-0.3, -0.25) is 0 Å². The molecule has 1 aliphatic carbocycles. The molecule has 0 fully saturated rings. The Hall–Kier alpha value is -2.69. The molecule has 0 amide bonds. The Labute approximate surface area is 140 Å². The number of nitrogens with zero attached hydrogens (tertiary/aromatic N) is 1. The minimum absolute atomic E-state index is 0.352. The summed E-state index contributed by atoms with van der Waals surface area (Å²) in [5.74, 6) is -0.475. The second-order valence-corrected chi connectivity index (χ2v) is 5.99. The number of carboxylic acid groups (broad SMARTS) is 1. The largest absolute Gasteiger partial charge is 0.482 e. The van der Waals surface area contributed by atoms with Crippen LogP contribution < -0.4 is 4.74 Å². The number of aliphatic carboxylic acids is 1. The second-order valence-electron chi connectivity index (χ2n) is 5.99. The molecule has 0 saturated heterocycles. The van der Waals surface area contributed by atoms with Crippen molar-refractivity contribution in [3.8, 4) is 5.75 Å². The molecule has 0 heterocycles. The van der Waals surface area contributed by atoms with Gasteiger partial charge >= 0.3 is 5.97 Å². The van der Waals surface area contributed by atoms with E-state index >= 15 is 0 Å². The van der Waals surface area contributed by atoms with E-state index in [0.717, 1.165) is 36.0 Å². The summed E-state index contributed by atoms with van der Waals surface area (Å²) in [6, 6.07) is 13.6. The van der Waals surface area contributed by atoms with Gasteiger partial charge in [-0.05, 0) is 54.0 Å². The number of ether oxygens (including phenoxy) is 1. The van der Waals surface area contributed by atoms with Gasteiger partial charge in [-0.25, -0.2) is 4.79 Å². The van der Waals surface area contributed by atoms with Crippen LogP contribution in [0.5, 0.6) is 5.75 Å². The Morgan fingerprint density at radius 1 is 1.21 bits per heavy atom. The summed E-state index contributed by atoms with van der Waals surface area (Å²) in [6.07, 6.45) is 3.13. The topological polar surface area (TPSA) is 76.0 Å². The van der Waals surface area contributed by atoms with Crippen LogP contribution in [-0.2, 0) is 24.1 Å². The van der Waals surface area contributed by atoms with Crippen molar-refractivity contribution in [1.82, 2.24) is 0 Å². The lowest BCUT2D eigenvalue weighted by Crippen LogP contribution is -2.11. The molecule has 24 heavy (non-hydrogen) atoms. The molecular formula is C19H19NO4. The number of carboxylic acids is 1. The normalized spacial score (nSPS) is 15.8. The summed E-state index contributed by atoms with van der Waals surface area (Å²) in [6.45, 7) is -0.393. The molecule has 5 heteroatoms. The first-order chi connectivity index (χ1) is 11.7. The molecule has 1 unspecified atom stereocenters. The molecule has 5 nitrogen and oxygen atoms in total. The Bertz CT molecular complexity index is 743. The van der Waals surface area contributed by atoms with Gasteiger partial charge in [0.1, 0.15) is 11.8 Å². The first-order valence-corrected chi connectivity index (χ1v) is 8.04. The van der Waals surface area contributed by atoms with Gasteiger partial charge in [0.2, 0.25) is 0 Å². The minimum atomic E-state index is -1.02. The maximum atomic E-state index is 11.0.